The van der Waals surface area contributed by atoms with E-state index in [-0.39, 0.29) is 17.6 Å². The first kappa shape index (κ1) is 15.1. The van der Waals surface area contributed by atoms with Crippen molar-refractivity contribution >= 4 is 28.4 Å². The molecule has 1 aliphatic rings. The molecule has 1 aromatic carbocycles. The van der Waals surface area contributed by atoms with E-state index in [4.69, 9.17) is 11.6 Å². The van der Waals surface area contributed by atoms with Gasteiger partial charge in [-0.1, -0.05) is 17.7 Å². The number of pyridine rings is 1. The third kappa shape index (κ3) is 2.65. The Morgan fingerprint density at radius 3 is 3.04 bits per heavy atom. The largest absolute Gasteiger partial charge is 0.356 e. The first-order chi connectivity index (χ1) is 11.6. The Labute approximate surface area is 143 Å². The summed E-state index contributed by atoms with van der Waals surface area (Å²) in [7, 11) is 0. The third-order valence-electron chi connectivity index (χ3n) is 4.42. The Bertz CT molecular complexity index is 937. The van der Waals surface area contributed by atoms with Crippen LogP contribution in [0.3, 0.4) is 0 Å². The molecule has 4 rings (SSSR count). The van der Waals surface area contributed by atoms with Crippen molar-refractivity contribution < 1.29 is 9.18 Å². The van der Waals surface area contributed by atoms with Crippen LogP contribution in [0.2, 0.25) is 5.02 Å². The molecule has 3 aromatic rings. The summed E-state index contributed by atoms with van der Waals surface area (Å²) in [4.78, 5) is 19.4. The zero-order valence-corrected chi connectivity index (χ0v) is 13.5. The van der Waals surface area contributed by atoms with E-state index < -0.39 is 5.95 Å². The quantitative estimate of drug-likeness (QED) is 0.686. The number of amides is 1. The number of carbonyl (C=O) groups is 1. The number of aryl methyl sites for hydroxylation is 1. The molecule has 1 amide bonds. The fourth-order valence-corrected chi connectivity index (χ4v) is 3.52. The highest BCUT2D eigenvalue weighted by Crippen LogP contribution is 2.35. The fourth-order valence-electron chi connectivity index (χ4n) is 3.35. The van der Waals surface area contributed by atoms with Crippen molar-refractivity contribution in [2.24, 2.45) is 0 Å². The van der Waals surface area contributed by atoms with Crippen LogP contribution in [0.25, 0.3) is 10.9 Å². The smallest absolute Gasteiger partial charge is 0.270 e. The van der Waals surface area contributed by atoms with Crippen LogP contribution in [0, 0.1) is 5.95 Å². The second-order valence-electron chi connectivity index (χ2n) is 5.97. The minimum absolute atomic E-state index is 0.0845. The minimum atomic E-state index is -0.660. The SMILES string of the molecule is O=C(NC1CCCc2c1[nH]c1ccc(Cl)cc21)c1cccc(F)n1. The van der Waals surface area contributed by atoms with E-state index in [1.807, 2.05) is 18.2 Å². The van der Waals surface area contributed by atoms with Gasteiger partial charge in [0.05, 0.1) is 6.04 Å². The summed E-state index contributed by atoms with van der Waals surface area (Å²) in [5.41, 5.74) is 3.29. The van der Waals surface area contributed by atoms with E-state index in [0.717, 1.165) is 35.9 Å². The molecule has 122 valence electrons. The molecule has 1 atom stereocenters. The molecular weight excluding hydrogens is 329 g/mol. The normalized spacial score (nSPS) is 16.8. The van der Waals surface area contributed by atoms with Crippen molar-refractivity contribution in [3.63, 3.8) is 0 Å². The molecule has 2 heterocycles. The number of hydrogen-bond donors (Lipinski definition) is 2. The minimum Gasteiger partial charge on any atom is -0.356 e. The molecule has 1 unspecified atom stereocenters. The van der Waals surface area contributed by atoms with Crippen LogP contribution >= 0.6 is 11.6 Å². The lowest BCUT2D eigenvalue weighted by Gasteiger charge is -2.23. The van der Waals surface area contributed by atoms with Crippen molar-refractivity contribution in [2.75, 3.05) is 0 Å². The van der Waals surface area contributed by atoms with E-state index in [2.05, 4.69) is 15.3 Å². The van der Waals surface area contributed by atoms with Crippen molar-refractivity contribution in [3.8, 4) is 0 Å². The van der Waals surface area contributed by atoms with Crippen molar-refractivity contribution in [3.05, 3.63) is 64.3 Å². The van der Waals surface area contributed by atoms with Crippen LogP contribution < -0.4 is 5.32 Å². The number of rotatable bonds is 2. The number of benzene rings is 1. The van der Waals surface area contributed by atoms with E-state index >= 15 is 0 Å². The molecule has 0 bridgehead atoms. The molecule has 2 N–H and O–H groups in total. The summed E-state index contributed by atoms with van der Waals surface area (Å²) in [5, 5.41) is 4.75. The molecule has 0 saturated heterocycles. The molecule has 24 heavy (non-hydrogen) atoms. The summed E-state index contributed by atoms with van der Waals surface area (Å²) in [6.07, 6.45) is 2.74. The average molecular weight is 344 g/mol. The molecule has 1 aliphatic carbocycles. The number of fused-ring (bicyclic) bond motifs is 3. The Balaban J connectivity index is 1.67. The summed E-state index contributed by atoms with van der Waals surface area (Å²) in [6.45, 7) is 0. The van der Waals surface area contributed by atoms with Gasteiger partial charge in [0.15, 0.2) is 0 Å². The van der Waals surface area contributed by atoms with Crippen LogP contribution in [-0.4, -0.2) is 15.9 Å². The standard InChI is InChI=1S/C18H15ClFN3O/c19-10-7-8-13-12(9-10)11-3-1-4-14(17(11)22-13)23-18(24)15-5-2-6-16(20)21-15/h2,5-9,14,22H,1,3-4H2,(H,23,24). The molecule has 4 nitrogen and oxygen atoms in total. The molecule has 0 saturated carbocycles. The fraction of sp³-hybridized carbons (Fsp3) is 0.222. The van der Waals surface area contributed by atoms with Crippen LogP contribution in [0.1, 0.15) is 40.6 Å². The second kappa shape index (κ2) is 5.91. The molecule has 6 heteroatoms. The Hall–Kier alpha value is -2.40. The molecule has 0 aliphatic heterocycles. The van der Waals surface area contributed by atoms with Gasteiger partial charge >= 0.3 is 0 Å². The molecule has 0 radical (unpaired) electrons. The number of aromatic nitrogens is 2. The van der Waals surface area contributed by atoms with Crippen LogP contribution in [0.15, 0.2) is 36.4 Å². The highest BCUT2D eigenvalue weighted by Gasteiger charge is 2.26. The second-order valence-corrected chi connectivity index (χ2v) is 6.41. The van der Waals surface area contributed by atoms with Gasteiger partial charge in [-0.3, -0.25) is 4.79 Å². The van der Waals surface area contributed by atoms with E-state index in [9.17, 15) is 9.18 Å². The topological polar surface area (TPSA) is 57.8 Å². The lowest BCUT2D eigenvalue weighted by molar-refractivity contribution is 0.0925. The van der Waals surface area contributed by atoms with Gasteiger partial charge in [0.2, 0.25) is 5.95 Å². The van der Waals surface area contributed by atoms with E-state index in [1.54, 1.807) is 0 Å². The van der Waals surface area contributed by atoms with Gasteiger partial charge in [-0.05, 0) is 55.2 Å². The Morgan fingerprint density at radius 1 is 1.33 bits per heavy atom. The van der Waals surface area contributed by atoms with Gasteiger partial charge in [-0.15, -0.1) is 0 Å². The highest BCUT2D eigenvalue weighted by molar-refractivity contribution is 6.31. The van der Waals surface area contributed by atoms with Gasteiger partial charge < -0.3 is 10.3 Å². The number of nitrogens with one attached hydrogen (secondary N) is 2. The van der Waals surface area contributed by atoms with Crippen LogP contribution in [-0.2, 0) is 6.42 Å². The average Bonchev–Trinajstić information content (AvgIpc) is 2.94. The van der Waals surface area contributed by atoms with Gasteiger partial charge in [0.25, 0.3) is 5.91 Å². The Morgan fingerprint density at radius 2 is 2.21 bits per heavy atom. The third-order valence-corrected chi connectivity index (χ3v) is 4.66. The van der Waals surface area contributed by atoms with Gasteiger partial charge in [-0.2, -0.15) is 4.39 Å². The molecule has 2 aromatic heterocycles. The van der Waals surface area contributed by atoms with Crippen molar-refractivity contribution in [1.82, 2.24) is 15.3 Å². The lowest BCUT2D eigenvalue weighted by atomic mass is 9.91. The number of aromatic amines is 1. The maximum atomic E-state index is 13.2. The van der Waals surface area contributed by atoms with Crippen LogP contribution in [0.4, 0.5) is 4.39 Å². The predicted octanol–water partition coefficient (Wildman–Crippen LogP) is 4.16. The van der Waals surface area contributed by atoms with Crippen LogP contribution in [0.5, 0.6) is 0 Å². The summed E-state index contributed by atoms with van der Waals surface area (Å²) < 4.78 is 13.2. The van der Waals surface area contributed by atoms with Crippen molar-refractivity contribution in [1.29, 1.82) is 0 Å². The predicted molar refractivity (Wildman–Crippen MR) is 90.6 cm³/mol. The zero-order chi connectivity index (χ0) is 16.7. The summed E-state index contributed by atoms with van der Waals surface area (Å²) in [5.74, 6) is -1.03. The monoisotopic (exact) mass is 343 g/mol. The van der Waals surface area contributed by atoms with Crippen molar-refractivity contribution in [2.45, 2.75) is 25.3 Å². The number of hydrogen-bond acceptors (Lipinski definition) is 2. The van der Waals surface area contributed by atoms with Gasteiger partial charge in [0, 0.05) is 21.6 Å². The lowest BCUT2D eigenvalue weighted by Crippen LogP contribution is -2.31. The molecular formula is C18H15ClFN3O. The van der Waals surface area contributed by atoms with E-state index in [0.29, 0.717) is 5.02 Å². The van der Waals surface area contributed by atoms with Gasteiger partial charge in [0.1, 0.15) is 5.69 Å². The highest BCUT2D eigenvalue weighted by atomic mass is 35.5. The Kier molecular flexibility index (Phi) is 3.73. The van der Waals surface area contributed by atoms with Gasteiger partial charge in [-0.25, -0.2) is 4.98 Å². The van der Waals surface area contributed by atoms with E-state index in [1.165, 1.54) is 23.8 Å². The number of nitrogens with zero attached hydrogens (tertiary/aromatic N) is 1. The first-order valence-corrected chi connectivity index (χ1v) is 8.23. The number of carbonyl (C=O) groups excluding carboxylic acids is 1. The number of H-pyrrole nitrogens is 1. The maximum absolute atomic E-state index is 13.2. The summed E-state index contributed by atoms with van der Waals surface area (Å²) >= 11 is 6.11. The zero-order valence-electron chi connectivity index (χ0n) is 12.8. The molecule has 0 fully saturated rings. The summed E-state index contributed by atoms with van der Waals surface area (Å²) in [6, 6.07) is 9.81. The number of halogens is 2. The first-order valence-electron chi connectivity index (χ1n) is 7.85. The maximum Gasteiger partial charge on any atom is 0.270 e. The molecule has 0 spiro atoms.